The first-order valence-corrected chi connectivity index (χ1v) is 8.59. The first-order valence-electron chi connectivity index (χ1n) is 6.74. The summed E-state index contributed by atoms with van der Waals surface area (Å²) in [7, 11) is -1.56. The van der Waals surface area contributed by atoms with E-state index in [1.165, 1.54) is 10.6 Å². The normalized spacial score (nSPS) is 17.0. The predicted molar refractivity (Wildman–Crippen MR) is 79.5 cm³/mol. The molecule has 1 heterocycles. The fourth-order valence-electron chi connectivity index (χ4n) is 2.37. The molecule has 0 atom stereocenters. The van der Waals surface area contributed by atoms with Crippen LogP contribution in [0, 0.1) is 0 Å². The second-order valence-electron chi connectivity index (χ2n) is 5.09. The highest BCUT2D eigenvalue weighted by molar-refractivity contribution is 7.88. The minimum absolute atomic E-state index is 0.0684. The van der Waals surface area contributed by atoms with Crippen molar-refractivity contribution in [2.24, 2.45) is 0 Å². The van der Waals surface area contributed by atoms with Crippen LogP contribution in [-0.2, 0) is 21.4 Å². The number of carbonyl (C=O) groups is 1. The Morgan fingerprint density at radius 3 is 2.48 bits per heavy atom. The van der Waals surface area contributed by atoms with Crippen molar-refractivity contribution in [3.05, 3.63) is 35.4 Å². The third-order valence-corrected chi connectivity index (χ3v) is 4.78. The Bertz CT molecular complexity index is 607. The second kappa shape index (κ2) is 6.55. The molecule has 0 radical (unpaired) electrons. The van der Waals surface area contributed by atoms with Crippen molar-refractivity contribution in [1.82, 2.24) is 9.21 Å². The zero-order valence-electron chi connectivity index (χ0n) is 12.3. The van der Waals surface area contributed by atoms with E-state index in [9.17, 15) is 13.2 Å². The average molecular weight is 312 g/mol. The van der Waals surface area contributed by atoms with Gasteiger partial charge in [0.25, 0.3) is 5.91 Å². The molecule has 0 N–H and O–H groups in total. The van der Waals surface area contributed by atoms with Crippen LogP contribution in [0.2, 0.25) is 0 Å². The van der Waals surface area contributed by atoms with Gasteiger partial charge in [-0.15, -0.1) is 0 Å². The Kier molecular flexibility index (Phi) is 4.97. The Balaban J connectivity index is 2.03. The molecular formula is C14H20N2O4S. The van der Waals surface area contributed by atoms with Crippen LogP contribution in [-0.4, -0.2) is 63.1 Å². The highest BCUT2D eigenvalue weighted by Gasteiger charge is 2.26. The molecule has 21 heavy (non-hydrogen) atoms. The SMILES string of the molecule is COCc1cccc(C(=O)N2CCN(S(C)(=O)=O)CC2)c1. The van der Waals surface area contributed by atoms with Gasteiger partial charge >= 0.3 is 0 Å². The van der Waals surface area contributed by atoms with Crippen molar-refractivity contribution in [1.29, 1.82) is 0 Å². The summed E-state index contributed by atoms with van der Waals surface area (Å²) in [4.78, 5) is 14.1. The molecule has 1 aromatic rings. The van der Waals surface area contributed by atoms with E-state index in [0.717, 1.165) is 5.56 Å². The number of piperazine rings is 1. The molecule has 0 bridgehead atoms. The number of ether oxygens (including phenoxy) is 1. The van der Waals surface area contributed by atoms with Crippen molar-refractivity contribution < 1.29 is 17.9 Å². The molecule has 116 valence electrons. The fraction of sp³-hybridized carbons (Fsp3) is 0.500. The van der Waals surface area contributed by atoms with Gasteiger partial charge in [0.1, 0.15) is 0 Å². The molecule has 1 aliphatic rings. The van der Waals surface area contributed by atoms with E-state index in [4.69, 9.17) is 4.74 Å². The molecule has 1 aromatic carbocycles. The molecule has 1 amide bonds. The molecule has 6 nitrogen and oxygen atoms in total. The van der Waals surface area contributed by atoms with Gasteiger partial charge in [-0.05, 0) is 17.7 Å². The van der Waals surface area contributed by atoms with Gasteiger partial charge in [0.2, 0.25) is 10.0 Å². The Labute approximate surface area is 125 Å². The molecule has 1 saturated heterocycles. The number of rotatable bonds is 4. The quantitative estimate of drug-likeness (QED) is 0.814. The second-order valence-corrected chi connectivity index (χ2v) is 7.07. The summed E-state index contributed by atoms with van der Waals surface area (Å²) in [6.07, 6.45) is 1.19. The highest BCUT2D eigenvalue weighted by atomic mass is 32.2. The van der Waals surface area contributed by atoms with Crippen LogP contribution in [0.1, 0.15) is 15.9 Å². The topological polar surface area (TPSA) is 66.9 Å². The van der Waals surface area contributed by atoms with Gasteiger partial charge in [0.05, 0.1) is 12.9 Å². The smallest absolute Gasteiger partial charge is 0.253 e. The lowest BCUT2D eigenvalue weighted by Crippen LogP contribution is -2.50. The summed E-state index contributed by atoms with van der Waals surface area (Å²) >= 11 is 0. The Hall–Kier alpha value is -1.44. The van der Waals surface area contributed by atoms with E-state index in [0.29, 0.717) is 38.3 Å². The number of benzene rings is 1. The number of carbonyl (C=O) groups excluding carboxylic acids is 1. The van der Waals surface area contributed by atoms with Gasteiger partial charge in [-0.25, -0.2) is 8.42 Å². The lowest BCUT2D eigenvalue weighted by Gasteiger charge is -2.33. The summed E-state index contributed by atoms with van der Waals surface area (Å²) in [5.41, 5.74) is 1.55. The minimum Gasteiger partial charge on any atom is -0.380 e. The zero-order valence-corrected chi connectivity index (χ0v) is 13.1. The van der Waals surface area contributed by atoms with E-state index in [1.54, 1.807) is 18.1 Å². The monoisotopic (exact) mass is 312 g/mol. The number of hydrogen-bond acceptors (Lipinski definition) is 4. The molecular weight excluding hydrogens is 292 g/mol. The van der Waals surface area contributed by atoms with Gasteiger partial charge in [-0.2, -0.15) is 4.31 Å². The van der Waals surface area contributed by atoms with Crippen LogP contribution in [0.25, 0.3) is 0 Å². The maximum atomic E-state index is 12.4. The molecule has 0 spiro atoms. The molecule has 0 aromatic heterocycles. The van der Waals surface area contributed by atoms with E-state index in [1.807, 2.05) is 18.2 Å². The molecule has 1 fully saturated rings. The third kappa shape index (κ3) is 4.03. The first-order chi connectivity index (χ1) is 9.91. The van der Waals surface area contributed by atoms with Crippen molar-refractivity contribution in [3.63, 3.8) is 0 Å². The maximum Gasteiger partial charge on any atom is 0.253 e. The summed E-state index contributed by atoms with van der Waals surface area (Å²) in [6, 6.07) is 7.31. The number of nitrogens with zero attached hydrogens (tertiary/aromatic N) is 2. The maximum absolute atomic E-state index is 12.4. The first kappa shape index (κ1) is 15.9. The van der Waals surface area contributed by atoms with E-state index >= 15 is 0 Å². The number of methoxy groups -OCH3 is 1. The van der Waals surface area contributed by atoms with Crippen molar-refractivity contribution in [3.8, 4) is 0 Å². The van der Waals surface area contributed by atoms with E-state index in [2.05, 4.69) is 0 Å². The summed E-state index contributed by atoms with van der Waals surface area (Å²) < 4.78 is 29.4. The van der Waals surface area contributed by atoms with Gasteiger partial charge < -0.3 is 9.64 Å². The minimum atomic E-state index is -3.17. The summed E-state index contributed by atoms with van der Waals surface area (Å²) in [5.74, 6) is -0.0684. The molecule has 0 saturated carbocycles. The van der Waals surface area contributed by atoms with Gasteiger partial charge in [0.15, 0.2) is 0 Å². The van der Waals surface area contributed by atoms with Crippen LogP contribution >= 0.6 is 0 Å². The summed E-state index contributed by atoms with van der Waals surface area (Å²) in [6.45, 7) is 1.99. The number of hydrogen-bond donors (Lipinski definition) is 0. The highest BCUT2D eigenvalue weighted by Crippen LogP contribution is 2.13. The lowest BCUT2D eigenvalue weighted by atomic mass is 10.1. The predicted octanol–water partition coefficient (Wildman–Crippen LogP) is 0.550. The van der Waals surface area contributed by atoms with Crippen LogP contribution in [0.5, 0.6) is 0 Å². The molecule has 0 aliphatic carbocycles. The average Bonchev–Trinajstić information content (AvgIpc) is 2.46. The van der Waals surface area contributed by atoms with Crippen molar-refractivity contribution in [2.45, 2.75) is 6.61 Å². The largest absolute Gasteiger partial charge is 0.380 e. The molecule has 2 rings (SSSR count). The number of sulfonamides is 1. The Morgan fingerprint density at radius 1 is 1.24 bits per heavy atom. The fourth-order valence-corrected chi connectivity index (χ4v) is 3.19. The van der Waals surface area contributed by atoms with Crippen LogP contribution in [0.3, 0.4) is 0 Å². The third-order valence-electron chi connectivity index (χ3n) is 3.48. The van der Waals surface area contributed by atoms with E-state index < -0.39 is 10.0 Å². The molecule has 7 heteroatoms. The Morgan fingerprint density at radius 2 is 1.90 bits per heavy atom. The number of amides is 1. The summed E-state index contributed by atoms with van der Waals surface area (Å²) in [5, 5.41) is 0. The van der Waals surface area contributed by atoms with Crippen LogP contribution in [0.15, 0.2) is 24.3 Å². The lowest BCUT2D eigenvalue weighted by molar-refractivity contribution is 0.0698. The molecule has 1 aliphatic heterocycles. The van der Waals surface area contributed by atoms with E-state index in [-0.39, 0.29) is 5.91 Å². The zero-order chi connectivity index (χ0) is 15.5. The standard InChI is InChI=1S/C14H20N2O4S/c1-20-11-12-4-3-5-13(10-12)14(17)15-6-8-16(9-7-15)21(2,18)19/h3-5,10H,6-9,11H2,1-2H3. The van der Waals surface area contributed by atoms with Gasteiger partial charge in [-0.1, -0.05) is 12.1 Å². The van der Waals surface area contributed by atoms with Crippen LogP contribution < -0.4 is 0 Å². The van der Waals surface area contributed by atoms with Crippen molar-refractivity contribution in [2.75, 3.05) is 39.5 Å². The van der Waals surface area contributed by atoms with Gasteiger partial charge in [-0.3, -0.25) is 4.79 Å². The van der Waals surface area contributed by atoms with Gasteiger partial charge in [0, 0.05) is 38.9 Å². The van der Waals surface area contributed by atoms with Crippen LogP contribution in [0.4, 0.5) is 0 Å². The molecule has 0 unspecified atom stereocenters. The van der Waals surface area contributed by atoms with Crippen molar-refractivity contribution >= 4 is 15.9 Å².